The van der Waals surface area contributed by atoms with E-state index in [1.165, 1.54) is 22.3 Å². The summed E-state index contributed by atoms with van der Waals surface area (Å²) in [5.41, 5.74) is 11.0. The lowest BCUT2D eigenvalue weighted by Crippen LogP contribution is -2.03. The van der Waals surface area contributed by atoms with Gasteiger partial charge in [-0.05, 0) is 119 Å². The van der Waals surface area contributed by atoms with Crippen LogP contribution in [0.3, 0.4) is 0 Å². The molecule has 0 unspecified atom stereocenters. The number of hydrogen-bond donors (Lipinski definition) is 2. The zero-order valence-corrected chi connectivity index (χ0v) is 19.5. The maximum Gasteiger partial charge on any atom is 0.121 e. The summed E-state index contributed by atoms with van der Waals surface area (Å²) in [5.74, 6) is 1.44. The topological polar surface area (TPSA) is 40.5 Å². The second kappa shape index (κ2) is 8.18. The molecule has 3 aromatic carbocycles. The van der Waals surface area contributed by atoms with Crippen molar-refractivity contribution in [1.29, 1.82) is 0 Å². The third-order valence-corrected chi connectivity index (χ3v) is 6.06. The zero-order valence-electron chi connectivity index (χ0n) is 19.5. The third-order valence-electron chi connectivity index (χ3n) is 6.06. The highest BCUT2D eigenvalue weighted by Crippen LogP contribution is 2.44. The Morgan fingerprint density at radius 2 is 1.03 bits per heavy atom. The molecule has 0 aliphatic heterocycles. The van der Waals surface area contributed by atoms with Gasteiger partial charge in [0.25, 0.3) is 0 Å². The Hall–Kier alpha value is -2.74. The largest absolute Gasteiger partial charge is 0.507 e. The number of aryl methyl sites for hydroxylation is 4. The molecule has 0 bridgehead atoms. The normalized spacial score (nSPS) is 11.5. The molecular formula is C28H34O2. The van der Waals surface area contributed by atoms with Crippen molar-refractivity contribution in [3.8, 4) is 33.8 Å². The molecule has 2 nitrogen and oxygen atoms in total. The van der Waals surface area contributed by atoms with Gasteiger partial charge in [-0.3, -0.25) is 0 Å². The van der Waals surface area contributed by atoms with Crippen LogP contribution in [-0.4, -0.2) is 10.2 Å². The lowest BCUT2D eigenvalue weighted by Gasteiger charge is -2.25. The van der Waals surface area contributed by atoms with Crippen molar-refractivity contribution in [1.82, 2.24) is 0 Å². The summed E-state index contributed by atoms with van der Waals surface area (Å²) < 4.78 is 0. The van der Waals surface area contributed by atoms with Gasteiger partial charge in [-0.25, -0.2) is 0 Å². The molecule has 0 spiro atoms. The van der Waals surface area contributed by atoms with Gasteiger partial charge in [-0.1, -0.05) is 39.8 Å². The van der Waals surface area contributed by atoms with Gasteiger partial charge in [0.05, 0.1) is 0 Å². The first-order chi connectivity index (χ1) is 14.0. The lowest BCUT2D eigenvalue weighted by molar-refractivity contribution is 0.466. The molecule has 158 valence electrons. The molecule has 3 aromatic rings. The highest BCUT2D eigenvalue weighted by molar-refractivity contribution is 5.83. The Morgan fingerprint density at radius 1 is 0.600 bits per heavy atom. The molecule has 0 aromatic heterocycles. The SMILES string of the molecule is Cc1cc(-c2ccc(C(C)C)c(-c3cc(C)c(O)c(C)c3)c2C(C)C)cc(C)c1O. The van der Waals surface area contributed by atoms with E-state index in [1.54, 1.807) is 0 Å². The van der Waals surface area contributed by atoms with E-state index in [0.29, 0.717) is 23.3 Å². The molecule has 0 fully saturated rings. The molecule has 2 heteroatoms. The van der Waals surface area contributed by atoms with Crippen molar-refractivity contribution < 1.29 is 10.2 Å². The Balaban J connectivity index is 2.42. The van der Waals surface area contributed by atoms with E-state index in [1.807, 2.05) is 27.7 Å². The molecule has 0 amide bonds. The number of aromatic hydroxyl groups is 2. The van der Waals surface area contributed by atoms with Crippen molar-refractivity contribution >= 4 is 0 Å². The van der Waals surface area contributed by atoms with E-state index in [0.717, 1.165) is 33.4 Å². The second-order valence-electron chi connectivity index (χ2n) is 9.22. The Kier molecular flexibility index (Phi) is 5.99. The minimum absolute atomic E-state index is 0.317. The third kappa shape index (κ3) is 3.84. The van der Waals surface area contributed by atoms with Crippen LogP contribution in [0.15, 0.2) is 36.4 Å². The van der Waals surface area contributed by atoms with Crippen LogP contribution in [0.5, 0.6) is 11.5 Å². The van der Waals surface area contributed by atoms with Gasteiger partial charge in [0.1, 0.15) is 11.5 Å². The summed E-state index contributed by atoms with van der Waals surface area (Å²) in [5, 5.41) is 20.6. The first-order valence-corrected chi connectivity index (χ1v) is 10.8. The quantitative estimate of drug-likeness (QED) is 0.465. The molecule has 0 heterocycles. The fraction of sp³-hybridized carbons (Fsp3) is 0.357. The summed E-state index contributed by atoms with van der Waals surface area (Å²) in [6.45, 7) is 16.8. The number of hydrogen-bond acceptors (Lipinski definition) is 2. The highest BCUT2D eigenvalue weighted by atomic mass is 16.3. The van der Waals surface area contributed by atoms with Crippen LogP contribution < -0.4 is 0 Å². The fourth-order valence-corrected chi connectivity index (χ4v) is 4.50. The average molecular weight is 403 g/mol. The van der Waals surface area contributed by atoms with Crippen molar-refractivity contribution in [3.05, 3.63) is 69.8 Å². The molecule has 3 rings (SSSR count). The van der Waals surface area contributed by atoms with Crippen LogP contribution >= 0.6 is 0 Å². The maximum atomic E-state index is 10.3. The van der Waals surface area contributed by atoms with Crippen LogP contribution in [-0.2, 0) is 0 Å². The van der Waals surface area contributed by atoms with E-state index in [-0.39, 0.29) is 0 Å². The molecule has 0 aliphatic carbocycles. The molecule has 0 radical (unpaired) electrons. The van der Waals surface area contributed by atoms with Crippen LogP contribution in [0.1, 0.15) is 72.9 Å². The van der Waals surface area contributed by atoms with Crippen molar-refractivity contribution in [2.45, 2.75) is 67.2 Å². The predicted octanol–water partition coefficient (Wildman–Crippen LogP) is 7.91. The second-order valence-corrected chi connectivity index (χ2v) is 9.22. The minimum atomic E-state index is 0.317. The van der Waals surface area contributed by atoms with E-state index in [4.69, 9.17) is 0 Å². The lowest BCUT2D eigenvalue weighted by atomic mass is 9.79. The molecule has 0 saturated heterocycles. The van der Waals surface area contributed by atoms with Gasteiger partial charge < -0.3 is 10.2 Å². The van der Waals surface area contributed by atoms with Crippen molar-refractivity contribution in [2.75, 3.05) is 0 Å². The zero-order chi connectivity index (χ0) is 22.3. The molecular weight excluding hydrogens is 368 g/mol. The van der Waals surface area contributed by atoms with E-state index in [9.17, 15) is 10.2 Å². The Morgan fingerprint density at radius 3 is 1.43 bits per heavy atom. The van der Waals surface area contributed by atoms with Crippen LogP contribution in [0, 0.1) is 27.7 Å². The standard InChI is InChI=1S/C28H34O2/c1-15(2)23-9-10-24(21-11-17(5)27(29)18(6)12-21)25(16(3)4)26(23)22-13-19(7)28(30)20(8)14-22/h9-16,29-30H,1-8H3. The van der Waals surface area contributed by atoms with Crippen molar-refractivity contribution in [3.63, 3.8) is 0 Å². The van der Waals surface area contributed by atoms with E-state index >= 15 is 0 Å². The maximum absolute atomic E-state index is 10.3. The van der Waals surface area contributed by atoms with Gasteiger partial charge in [0.15, 0.2) is 0 Å². The van der Waals surface area contributed by atoms with Crippen LogP contribution in [0.2, 0.25) is 0 Å². The number of rotatable bonds is 4. The summed E-state index contributed by atoms with van der Waals surface area (Å²) >= 11 is 0. The summed E-state index contributed by atoms with van der Waals surface area (Å²) in [6, 6.07) is 12.8. The van der Waals surface area contributed by atoms with Crippen LogP contribution in [0.25, 0.3) is 22.3 Å². The minimum Gasteiger partial charge on any atom is -0.507 e. The molecule has 0 atom stereocenters. The number of phenolic OH excluding ortho intramolecular Hbond substituents is 2. The molecule has 0 saturated carbocycles. The monoisotopic (exact) mass is 402 g/mol. The fourth-order valence-electron chi connectivity index (χ4n) is 4.50. The summed E-state index contributed by atoms with van der Waals surface area (Å²) in [6.07, 6.45) is 0. The first-order valence-electron chi connectivity index (χ1n) is 10.8. The van der Waals surface area contributed by atoms with E-state index in [2.05, 4.69) is 64.1 Å². The van der Waals surface area contributed by atoms with Gasteiger partial charge in [0.2, 0.25) is 0 Å². The number of benzene rings is 3. The Labute approximate surface area is 181 Å². The average Bonchev–Trinajstić information content (AvgIpc) is 2.68. The van der Waals surface area contributed by atoms with Crippen LogP contribution in [0.4, 0.5) is 0 Å². The van der Waals surface area contributed by atoms with Gasteiger partial charge in [-0.2, -0.15) is 0 Å². The van der Waals surface area contributed by atoms with Gasteiger partial charge >= 0.3 is 0 Å². The summed E-state index contributed by atoms with van der Waals surface area (Å²) in [7, 11) is 0. The first kappa shape index (κ1) is 22.0. The Bertz CT molecular complexity index is 1060. The molecule has 30 heavy (non-hydrogen) atoms. The van der Waals surface area contributed by atoms with Gasteiger partial charge in [-0.15, -0.1) is 0 Å². The highest BCUT2D eigenvalue weighted by Gasteiger charge is 2.22. The predicted molar refractivity (Wildman–Crippen MR) is 128 cm³/mol. The summed E-state index contributed by atoms with van der Waals surface area (Å²) in [4.78, 5) is 0. The molecule has 2 N–H and O–H groups in total. The smallest absolute Gasteiger partial charge is 0.121 e. The molecule has 0 aliphatic rings. The van der Waals surface area contributed by atoms with Gasteiger partial charge in [0, 0.05) is 0 Å². The number of phenols is 2. The van der Waals surface area contributed by atoms with Crippen molar-refractivity contribution in [2.24, 2.45) is 0 Å². The van der Waals surface area contributed by atoms with E-state index < -0.39 is 0 Å².